The fraction of sp³-hybridized carbons (Fsp3) is 0.214. The molecule has 1 saturated heterocycles. The summed E-state index contributed by atoms with van der Waals surface area (Å²) in [6.07, 6.45) is 0.112. The monoisotopic (exact) mass is 228 g/mol. The Morgan fingerprint density at radius 1 is 1.12 bits per heavy atom. The highest BCUT2D eigenvalue weighted by molar-refractivity contribution is 5.86. The molecule has 1 heterocycles. The van der Waals surface area contributed by atoms with Crippen molar-refractivity contribution in [3.05, 3.63) is 48.0 Å². The number of cyclic esters (lactones) is 1. The van der Waals surface area contributed by atoms with Gasteiger partial charge in [0.15, 0.2) is 12.9 Å². The first kappa shape index (κ1) is 10.3. The number of hydrogen-bond donors (Lipinski definition) is 0. The predicted octanol–water partition coefficient (Wildman–Crippen LogP) is 2.28. The molecule has 3 heteroatoms. The minimum atomic E-state index is -0.458. The summed E-state index contributed by atoms with van der Waals surface area (Å²) in [7, 11) is 0. The fourth-order valence-corrected chi connectivity index (χ4v) is 2.15. The number of fused-ring (bicyclic) bond motifs is 1. The van der Waals surface area contributed by atoms with E-state index in [2.05, 4.69) is 18.2 Å². The maximum absolute atomic E-state index is 11.4. The third-order valence-corrected chi connectivity index (χ3v) is 3.02. The molecule has 0 aromatic heterocycles. The van der Waals surface area contributed by atoms with Gasteiger partial charge >= 0.3 is 5.97 Å². The average molecular weight is 228 g/mol. The minimum Gasteiger partial charge on any atom is -0.437 e. The lowest BCUT2D eigenvalue weighted by molar-refractivity contribution is -0.139. The number of benzene rings is 2. The Bertz CT molecular complexity index is 557. The molecule has 1 aliphatic rings. The van der Waals surface area contributed by atoms with Crippen molar-refractivity contribution >= 4 is 16.7 Å². The van der Waals surface area contributed by atoms with E-state index in [1.807, 2.05) is 24.3 Å². The largest absolute Gasteiger partial charge is 0.437 e. The SMILES string of the molecule is O=C1OCOC1Cc1cccc2ccccc12. The summed E-state index contributed by atoms with van der Waals surface area (Å²) in [6, 6.07) is 14.2. The standard InChI is InChI=1S/C14H12O3/c15-14-13(16-9-17-14)8-11-6-3-5-10-4-1-2-7-12(10)11/h1-7,13H,8-9H2. The van der Waals surface area contributed by atoms with Gasteiger partial charge in [0.25, 0.3) is 0 Å². The van der Waals surface area contributed by atoms with Crippen molar-refractivity contribution in [1.82, 2.24) is 0 Å². The minimum absolute atomic E-state index is 0.0776. The number of ether oxygens (including phenoxy) is 2. The Morgan fingerprint density at radius 3 is 2.76 bits per heavy atom. The maximum atomic E-state index is 11.4. The zero-order valence-electron chi connectivity index (χ0n) is 9.26. The average Bonchev–Trinajstić information content (AvgIpc) is 2.76. The molecule has 1 fully saturated rings. The fourth-order valence-electron chi connectivity index (χ4n) is 2.15. The van der Waals surface area contributed by atoms with Crippen molar-refractivity contribution in [2.45, 2.75) is 12.5 Å². The first-order valence-electron chi connectivity index (χ1n) is 5.59. The first-order chi connectivity index (χ1) is 8.34. The van der Waals surface area contributed by atoms with Crippen molar-refractivity contribution in [3.8, 4) is 0 Å². The number of esters is 1. The van der Waals surface area contributed by atoms with Gasteiger partial charge in [0.05, 0.1) is 0 Å². The third-order valence-electron chi connectivity index (χ3n) is 3.02. The molecule has 3 rings (SSSR count). The van der Waals surface area contributed by atoms with Gasteiger partial charge in [-0.25, -0.2) is 4.79 Å². The van der Waals surface area contributed by atoms with E-state index >= 15 is 0 Å². The van der Waals surface area contributed by atoms with E-state index in [0.717, 1.165) is 5.56 Å². The number of carbonyl (C=O) groups excluding carboxylic acids is 1. The summed E-state index contributed by atoms with van der Waals surface area (Å²) in [5.41, 5.74) is 1.12. The predicted molar refractivity (Wildman–Crippen MR) is 63.5 cm³/mol. The molecule has 0 saturated carbocycles. The normalized spacial score (nSPS) is 19.5. The molecule has 17 heavy (non-hydrogen) atoms. The van der Waals surface area contributed by atoms with E-state index in [9.17, 15) is 4.79 Å². The Kier molecular flexibility index (Phi) is 2.53. The quantitative estimate of drug-likeness (QED) is 0.740. The summed E-state index contributed by atoms with van der Waals surface area (Å²) < 4.78 is 10.0. The van der Waals surface area contributed by atoms with Crippen LogP contribution in [0.15, 0.2) is 42.5 Å². The van der Waals surface area contributed by atoms with E-state index in [1.165, 1.54) is 10.8 Å². The molecular formula is C14H12O3. The van der Waals surface area contributed by atoms with Crippen LogP contribution in [0.1, 0.15) is 5.56 Å². The molecule has 86 valence electrons. The van der Waals surface area contributed by atoms with Crippen molar-refractivity contribution in [2.24, 2.45) is 0 Å². The molecule has 0 amide bonds. The first-order valence-corrected chi connectivity index (χ1v) is 5.59. The molecule has 2 aromatic carbocycles. The van der Waals surface area contributed by atoms with Gasteiger partial charge in [-0.3, -0.25) is 0 Å². The topological polar surface area (TPSA) is 35.5 Å². The van der Waals surface area contributed by atoms with Crippen LogP contribution in [-0.2, 0) is 20.7 Å². The third kappa shape index (κ3) is 1.89. The Balaban J connectivity index is 1.97. The summed E-state index contributed by atoms with van der Waals surface area (Å²) >= 11 is 0. The highest BCUT2D eigenvalue weighted by Crippen LogP contribution is 2.21. The second-order valence-electron chi connectivity index (χ2n) is 4.08. The van der Waals surface area contributed by atoms with Crippen LogP contribution in [0.2, 0.25) is 0 Å². The smallest absolute Gasteiger partial charge is 0.337 e. The van der Waals surface area contributed by atoms with Crippen LogP contribution in [0.25, 0.3) is 10.8 Å². The summed E-state index contributed by atoms with van der Waals surface area (Å²) in [5, 5.41) is 2.34. The molecule has 0 bridgehead atoms. The van der Waals surface area contributed by atoms with Crippen LogP contribution in [0, 0.1) is 0 Å². The van der Waals surface area contributed by atoms with Crippen molar-refractivity contribution in [3.63, 3.8) is 0 Å². The van der Waals surface area contributed by atoms with E-state index < -0.39 is 6.10 Å². The van der Waals surface area contributed by atoms with E-state index in [0.29, 0.717) is 6.42 Å². The zero-order chi connectivity index (χ0) is 11.7. The lowest BCUT2D eigenvalue weighted by atomic mass is 10.00. The number of carbonyl (C=O) groups is 1. The second-order valence-corrected chi connectivity index (χ2v) is 4.08. The molecule has 3 nitrogen and oxygen atoms in total. The van der Waals surface area contributed by atoms with Crippen molar-refractivity contribution in [1.29, 1.82) is 0 Å². The number of hydrogen-bond acceptors (Lipinski definition) is 3. The molecule has 1 atom stereocenters. The zero-order valence-corrected chi connectivity index (χ0v) is 9.26. The van der Waals surface area contributed by atoms with Gasteiger partial charge in [0, 0.05) is 6.42 Å². The van der Waals surface area contributed by atoms with Gasteiger partial charge in [-0.1, -0.05) is 42.5 Å². The van der Waals surface area contributed by atoms with Gasteiger partial charge in [-0.15, -0.1) is 0 Å². The van der Waals surface area contributed by atoms with Crippen LogP contribution >= 0.6 is 0 Å². The van der Waals surface area contributed by atoms with Crippen LogP contribution in [0.5, 0.6) is 0 Å². The molecule has 2 aromatic rings. The van der Waals surface area contributed by atoms with Gasteiger partial charge in [0.2, 0.25) is 0 Å². The maximum Gasteiger partial charge on any atom is 0.337 e. The highest BCUT2D eigenvalue weighted by Gasteiger charge is 2.27. The summed E-state index contributed by atoms with van der Waals surface area (Å²) in [5.74, 6) is -0.266. The Hall–Kier alpha value is -1.87. The molecule has 0 radical (unpaired) electrons. The van der Waals surface area contributed by atoms with Gasteiger partial charge in [-0.2, -0.15) is 0 Å². The van der Waals surface area contributed by atoms with E-state index in [-0.39, 0.29) is 12.8 Å². The van der Waals surface area contributed by atoms with Crippen molar-refractivity contribution in [2.75, 3.05) is 6.79 Å². The Labute approximate surface area is 99.0 Å². The van der Waals surface area contributed by atoms with Crippen LogP contribution in [0.3, 0.4) is 0 Å². The lowest BCUT2D eigenvalue weighted by Gasteiger charge is -2.08. The van der Waals surface area contributed by atoms with Gasteiger partial charge < -0.3 is 9.47 Å². The molecular weight excluding hydrogens is 216 g/mol. The van der Waals surface area contributed by atoms with Crippen LogP contribution < -0.4 is 0 Å². The molecule has 0 spiro atoms. The number of rotatable bonds is 2. The molecule has 0 N–H and O–H groups in total. The van der Waals surface area contributed by atoms with Gasteiger partial charge in [0.1, 0.15) is 0 Å². The van der Waals surface area contributed by atoms with Crippen molar-refractivity contribution < 1.29 is 14.3 Å². The van der Waals surface area contributed by atoms with E-state index in [1.54, 1.807) is 0 Å². The van der Waals surface area contributed by atoms with Gasteiger partial charge in [-0.05, 0) is 16.3 Å². The lowest BCUT2D eigenvalue weighted by Crippen LogP contribution is -2.19. The second kappa shape index (κ2) is 4.18. The molecule has 1 unspecified atom stereocenters. The van der Waals surface area contributed by atoms with Crippen LogP contribution in [0.4, 0.5) is 0 Å². The molecule has 1 aliphatic heterocycles. The Morgan fingerprint density at radius 2 is 1.94 bits per heavy atom. The molecule has 0 aliphatic carbocycles. The highest BCUT2D eigenvalue weighted by atomic mass is 16.7. The van der Waals surface area contributed by atoms with E-state index in [4.69, 9.17) is 9.47 Å². The summed E-state index contributed by atoms with van der Waals surface area (Å²) in [6.45, 7) is 0.0776. The van der Waals surface area contributed by atoms with Crippen LogP contribution in [-0.4, -0.2) is 18.9 Å². The summed E-state index contributed by atoms with van der Waals surface area (Å²) in [4.78, 5) is 11.4.